The molecule has 0 spiro atoms. The number of aromatic nitrogens is 2. The van der Waals surface area contributed by atoms with Gasteiger partial charge in [-0.05, 0) is 30.5 Å². The van der Waals surface area contributed by atoms with E-state index in [1.165, 1.54) is 18.4 Å². The van der Waals surface area contributed by atoms with E-state index in [0.717, 1.165) is 24.0 Å². The minimum absolute atomic E-state index is 0.735. The molecular weight excluding hydrogens is 226 g/mol. The van der Waals surface area contributed by atoms with E-state index in [1.54, 1.807) is 13.3 Å². The molecule has 0 saturated heterocycles. The van der Waals surface area contributed by atoms with Gasteiger partial charge in [-0.25, -0.2) is 4.68 Å². The summed E-state index contributed by atoms with van der Waals surface area (Å²) >= 11 is 0. The molecule has 3 rings (SSSR count). The average molecular weight is 243 g/mol. The van der Waals surface area contributed by atoms with Crippen LogP contribution >= 0.6 is 0 Å². The van der Waals surface area contributed by atoms with Gasteiger partial charge in [0.05, 0.1) is 25.2 Å². The van der Waals surface area contributed by atoms with E-state index in [9.17, 15) is 0 Å². The maximum Gasteiger partial charge on any atom is 0.157 e. The first kappa shape index (κ1) is 11.3. The summed E-state index contributed by atoms with van der Waals surface area (Å²) < 4.78 is 6.97. The lowest BCUT2D eigenvalue weighted by Gasteiger charge is -2.06. The number of methoxy groups -OCH3 is 1. The number of hydrogen-bond acceptors (Lipinski definition) is 3. The smallest absolute Gasteiger partial charge is 0.157 e. The van der Waals surface area contributed by atoms with Crippen LogP contribution in [-0.4, -0.2) is 22.9 Å². The molecule has 18 heavy (non-hydrogen) atoms. The Morgan fingerprint density at radius 1 is 1.44 bits per heavy atom. The fourth-order valence-electron chi connectivity index (χ4n) is 1.91. The van der Waals surface area contributed by atoms with Crippen molar-refractivity contribution in [3.8, 4) is 11.4 Å². The van der Waals surface area contributed by atoms with Gasteiger partial charge in [0, 0.05) is 12.6 Å². The highest BCUT2D eigenvalue weighted by Gasteiger charge is 2.19. The topological polar surface area (TPSA) is 39.1 Å². The zero-order valence-electron chi connectivity index (χ0n) is 10.5. The summed E-state index contributed by atoms with van der Waals surface area (Å²) in [4.78, 5) is 0. The summed E-state index contributed by atoms with van der Waals surface area (Å²) in [6, 6.07) is 9.14. The first-order valence-corrected chi connectivity index (χ1v) is 6.26. The number of nitrogens with one attached hydrogen (secondary N) is 1. The Kier molecular flexibility index (Phi) is 3.02. The Morgan fingerprint density at radius 3 is 3.06 bits per heavy atom. The first-order chi connectivity index (χ1) is 8.85. The van der Waals surface area contributed by atoms with Crippen LogP contribution in [-0.2, 0) is 6.54 Å². The highest BCUT2D eigenvalue weighted by atomic mass is 16.5. The first-order valence-electron chi connectivity index (χ1n) is 6.26. The van der Waals surface area contributed by atoms with E-state index < -0.39 is 0 Å². The SMILES string of the molecule is COc1cnn(-c2cccc(CNC3CC3)c2)c1. The Balaban J connectivity index is 1.76. The molecule has 1 heterocycles. The predicted octanol–water partition coefficient (Wildman–Crippen LogP) is 2.13. The summed E-state index contributed by atoms with van der Waals surface area (Å²) in [5.41, 5.74) is 2.35. The Morgan fingerprint density at radius 2 is 2.33 bits per heavy atom. The standard InChI is InChI=1S/C14H17N3O/c1-18-14-9-16-17(10-14)13-4-2-3-11(7-13)8-15-12-5-6-12/h2-4,7,9-10,12,15H,5-6,8H2,1H3. The van der Waals surface area contributed by atoms with Crippen molar-refractivity contribution in [3.63, 3.8) is 0 Å². The van der Waals surface area contributed by atoms with Crippen molar-refractivity contribution in [3.05, 3.63) is 42.2 Å². The van der Waals surface area contributed by atoms with E-state index >= 15 is 0 Å². The zero-order valence-corrected chi connectivity index (χ0v) is 10.5. The molecule has 1 saturated carbocycles. The molecule has 2 aromatic rings. The van der Waals surface area contributed by atoms with Crippen molar-refractivity contribution in [2.24, 2.45) is 0 Å². The van der Waals surface area contributed by atoms with Crippen LogP contribution < -0.4 is 10.1 Å². The molecule has 1 N–H and O–H groups in total. The van der Waals surface area contributed by atoms with Gasteiger partial charge in [-0.2, -0.15) is 5.10 Å². The van der Waals surface area contributed by atoms with Crippen molar-refractivity contribution in [2.45, 2.75) is 25.4 Å². The predicted molar refractivity (Wildman–Crippen MR) is 70.0 cm³/mol. The molecule has 1 fully saturated rings. The number of ether oxygens (including phenoxy) is 1. The van der Waals surface area contributed by atoms with E-state index in [2.05, 4.69) is 28.6 Å². The average Bonchev–Trinajstić information content (AvgIpc) is 3.12. The molecule has 4 nitrogen and oxygen atoms in total. The zero-order chi connectivity index (χ0) is 12.4. The van der Waals surface area contributed by atoms with Gasteiger partial charge < -0.3 is 10.1 Å². The Hall–Kier alpha value is -1.81. The van der Waals surface area contributed by atoms with Gasteiger partial charge in [-0.15, -0.1) is 0 Å². The third kappa shape index (κ3) is 2.54. The molecule has 1 aliphatic carbocycles. The molecular formula is C14H17N3O. The molecule has 0 amide bonds. The van der Waals surface area contributed by atoms with Crippen molar-refractivity contribution in [2.75, 3.05) is 7.11 Å². The highest BCUT2D eigenvalue weighted by molar-refractivity contribution is 5.36. The van der Waals surface area contributed by atoms with Crippen LogP contribution in [0.25, 0.3) is 5.69 Å². The van der Waals surface area contributed by atoms with Gasteiger partial charge in [0.2, 0.25) is 0 Å². The van der Waals surface area contributed by atoms with E-state index in [4.69, 9.17) is 4.74 Å². The summed E-state index contributed by atoms with van der Waals surface area (Å²) in [5.74, 6) is 0.775. The minimum atomic E-state index is 0.735. The Bertz CT molecular complexity index is 531. The summed E-state index contributed by atoms with van der Waals surface area (Å²) in [6.45, 7) is 0.927. The second kappa shape index (κ2) is 4.82. The van der Waals surface area contributed by atoms with Crippen molar-refractivity contribution in [1.82, 2.24) is 15.1 Å². The lowest BCUT2D eigenvalue weighted by Crippen LogP contribution is -2.15. The molecule has 1 aromatic carbocycles. The van der Waals surface area contributed by atoms with Crippen molar-refractivity contribution < 1.29 is 4.74 Å². The van der Waals surface area contributed by atoms with Crippen LogP contribution in [0.5, 0.6) is 5.75 Å². The molecule has 1 aliphatic rings. The van der Waals surface area contributed by atoms with Crippen LogP contribution in [0.1, 0.15) is 18.4 Å². The van der Waals surface area contributed by atoms with Gasteiger partial charge in [0.15, 0.2) is 5.75 Å². The van der Waals surface area contributed by atoms with Gasteiger partial charge in [0.25, 0.3) is 0 Å². The third-order valence-electron chi connectivity index (χ3n) is 3.14. The Labute approximate surface area is 107 Å². The second-order valence-corrected chi connectivity index (χ2v) is 4.65. The van der Waals surface area contributed by atoms with Crippen LogP contribution in [0.4, 0.5) is 0 Å². The molecule has 0 bridgehead atoms. The van der Waals surface area contributed by atoms with Crippen LogP contribution in [0.15, 0.2) is 36.7 Å². The molecule has 4 heteroatoms. The van der Waals surface area contributed by atoms with Crippen LogP contribution in [0.3, 0.4) is 0 Å². The largest absolute Gasteiger partial charge is 0.493 e. The van der Waals surface area contributed by atoms with Crippen molar-refractivity contribution in [1.29, 1.82) is 0 Å². The van der Waals surface area contributed by atoms with Gasteiger partial charge in [0.1, 0.15) is 0 Å². The van der Waals surface area contributed by atoms with Crippen LogP contribution in [0.2, 0.25) is 0 Å². The maximum absolute atomic E-state index is 5.14. The fourth-order valence-corrected chi connectivity index (χ4v) is 1.91. The maximum atomic E-state index is 5.14. The molecule has 0 aliphatic heterocycles. The normalized spacial score (nSPS) is 14.7. The molecule has 0 atom stereocenters. The summed E-state index contributed by atoms with van der Waals surface area (Å²) in [5, 5.41) is 7.79. The minimum Gasteiger partial charge on any atom is -0.493 e. The van der Waals surface area contributed by atoms with Gasteiger partial charge in [-0.3, -0.25) is 0 Å². The number of benzene rings is 1. The molecule has 0 unspecified atom stereocenters. The van der Waals surface area contributed by atoms with Gasteiger partial charge in [-0.1, -0.05) is 12.1 Å². The fraction of sp³-hybridized carbons (Fsp3) is 0.357. The molecule has 1 aromatic heterocycles. The number of nitrogens with zero attached hydrogens (tertiary/aromatic N) is 2. The highest BCUT2D eigenvalue weighted by Crippen LogP contribution is 2.20. The quantitative estimate of drug-likeness (QED) is 0.874. The third-order valence-corrected chi connectivity index (χ3v) is 3.14. The van der Waals surface area contributed by atoms with Crippen molar-refractivity contribution >= 4 is 0 Å². The lowest BCUT2D eigenvalue weighted by molar-refractivity contribution is 0.414. The molecule has 0 radical (unpaired) electrons. The van der Waals surface area contributed by atoms with Crippen LogP contribution in [0, 0.1) is 0 Å². The monoisotopic (exact) mass is 243 g/mol. The summed E-state index contributed by atoms with van der Waals surface area (Å²) in [7, 11) is 1.65. The van der Waals surface area contributed by atoms with Gasteiger partial charge >= 0.3 is 0 Å². The van der Waals surface area contributed by atoms with E-state index in [-0.39, 0.29) is 0 Å². The van der Waals surface area contributed by atoms with E-state index in [1.807, 2.05) is 16.9 Å². The number of hydrogen-bond donors (Lipinski definition) is 1. The summed E-state index contributed by atoms with van der Waals surface area (Å²) in [6.07, 6.45) is 6.23. The number of rotatable bonds is 5. The molecule has 94 valence electrons. The second-order valence-electron chi connectivity index (χ2n) is 4.65. The lowest BCUT2D eigenvalue weighted by atomic mass is 10.2. The van der Waals surface area contributed by atoms with E-state index in [0.29, 0.717) is 0 Å².